The first kappa shape index (κ1) is 14.5. The van der Waals surface area contributed by atoms with Gasteiger partial charge < -0.3 is 4.74 Å². The van der Waals surface area contributed by atoms with Gasteiger partial charge in [0.15, 0.2) is 5.78 Å². The zero-order valence-corrected chi connectivity index (χ0v) is 12.8. The molecular formula is C16H22O2S. The number of allylic oxidation sites excluding steroid dienone is 2. The highest BCUT2D eigenvalue weighted by atomic mass is 32.1. The zero-order valence-electron chi connectivity index (χ0n) is 11.9. The van der Waals surface area contributed by atoms with Crippen LogP contribution in [0.4, 0.5) is 0 Å². The van der Waals surface area contributed by atoms with Gasteiger partial charge in [0.25, 0.3) is 0 Å². The van der Waals surface area contributed by atoms with E-state index < -0.39 is 0 Å². The molecule has 0 aromatic carbocycles. The third kappa shape index (κ3) is 3.77. The molecule has 1 aromatic heterocycles. The van der Waals surface area contributed by atoms with Crippen LogP contribution in [0.2, 0.25) is 0 Å². The molecule has 1 heterocycles. The van der Waals surface area contributed by atoms with Gasteiger partial charge in [-0.3, -0.25) is 4.79 Å². The standard InChI is InChI=1S/C16H22O2S/c1-11-6-4-5-7-14(11)9-18-10-16(17)15-8-12(2)19-13(15)3/h4-5,8,11,14H,6-7,9-10H2,1-3H3. The molecule has 0 bridgehead atoms. The zero-order chi connectivity index (χ0) is 13.8. The third-order valence-electron chi connectivity index (χ3n) is 3.82. The molecule has 104 valence electrons. The first-order chi connectivity index (χ1) is 9.08. The molecule has 2 rings (SSSR count). The minimum Gasteiger partial charge on any atom is -0.373 e. The van der Waals surface area contributed by atoms with E-state index in [9.17, 15) is 4.79 Å². The smallest absolute Gasteiger partial charge is 0.189 e. The Bertz CT molecular complexity index is 473. The van der Waals surface area contributed by atoms with Gasteiger partial charge in [0.1, 0.15) is 6.61 Å². The third-order valence-corrected chi connectivity index (χ3v) is 4.79. The number of carbonyl (C=O) groups excluding carboxylic acids is 1. The Hall–Kier alpha value is -0.930. The molecule has 0 spiro atoms. The maximum absolute atomic E-state index is 12.1. The molecule has 2 nitrogen and oxygen atoms in total. The molecular weight excluding hydrogens is 256 g/mol. The molecule has 0 aliphatic heterocycles. The predicted octanol–water partition coefficient (Wildman–Crippen LogP) is 4.17. The van der Waals surface area contributed by atoms with Gasteiger partial charge in [0.05, 0.1) is 6.61 Å². The number of carbonyl (C=O) groups is 1. The predicted molar refractivity (Wildman–Crippen MR) is 80.0 cm³/mol. The van der Waals surface area contributed by atoms with Crippen LogP contribution in [0.15, 0.2) is 18.2 Å². The van der Waals surface area contributed by atoms with E-state index in [1.807, 2.05) is 19.9 Å². The molecule has 1 aliphatic carbocycles. The van der Waals surface area contributed by atoms with Crippen molar-refractivity contribution < 1.29 is 9.53 Å². The van der Waals surface area contributed by atoms with E-state index in [4.69, 9.17) is 4.74 Å². The summed E-state index contributed by atoms with van der Waals surface area (Å²) >= 11 is 1.67. The molecule has 19 heavy (non-hydrogen) atoms. The summed E-state index contributed by atoms with van der Waals surface area (Å²) in [5, 5.41) is 0. The van der Waals surface area contributed by atoms with E-state index in [2.05, 4.69) is 19.1 Å². The van der Waals surface area contributed by atoms with Gasteiger partial charge in [-0.15, -0.1) is 11.3 Å². The van der Waals surface area contributed by atoms with Gasteiger partial charge in [-0.2, -0.15) is 0 Å². The van der Waals surface area contributed by atoms with Crippen LogP contribution in [0.25, 0.3) is 0 Å². The highest BCUT2D eigenvalue weighted by Gasteiger charge is 2.19. The number of rotatable bonds is 5. The molecule has 2 unspecified atom stereocenters. The van der Waals surface area contributed by atoms with Crippen molar-refractivity contribution in [2.24, 2.45) is 11.8 Å². The maximum Gasteiger partial charge on any atom is 0.189 e. The van der Waals surface area contributed by atoms with Gasteiger partial charge >= 0.3 is 0 Å². The number of hydrogen-bond donors (Lipinski definition) is 0. The van der Waals surface area contributed by atoms with E-state index in [-0.39, 0.29) is 12.4 Å². The van der Waals surface area contributed by atoms with Crippen LogP contribution in [0.5, 0.6) is 0 Å². The maximum atomic E-state index is 12.1. The van der Waals surface area contributed by atoms with Crippen molar-refractivity contribution in [3.8, 4) is 0 Å². The Kier molecular flexibility index (Phi) is 4.94. The lowest BCUT2D eigenvalue weighted by atomic mass is 9.85. The van der Waals surface area contributed by atoms with Crippen LogP contribution < -0.4 is 0 Å². The summed E-state index contributed by atoms with van der Waals surface area (Å²) in [4.78, 5) is 14.4. The highest BCUT2D eigenvalue weighted by molar-refractivity contribution is 7.12. The van der Waals surface area contributed by atoms with Gasteiger partial charge in [0.2, 0.25) is 0 Å². The lowest BCUT2D eigenvalue weighted by molar-refractivity contribution is 0.0602. The molecule has 1 aliphatic rings. The number of hydrogen-bond acceptors (Lipinski definition) is 3. The molecule has 0 saturated carbocycles. The van der Waals surface area contributed by atoms with Crippen molar-refractivity contribution in [1.82, 2.24) is 0 Å². The number of aryl methyl sites for hydroxylation is 2. The molecule has 0 fully saturated rings. The van der Waals surface area contributed by atoms with Gasteiger partial charge in [-0.25, -0.2) is 0 Å². The fourth-order valence-corrected chi connectivity index (χ4v) is 3.47. The molecule has 0 N–H and O–H groups in total. The Morgan fingerprint density at radius 2 is 2.11 bits per heavy atom. The molecule has 1 aromatic rings. The van der Waals surface area contributed by atoms with Crippen molar-refractivity contribution >= 4 is 17.1 Å². The number of thiophene rings is 1. The molecule has 0 amide bonds. The van der Waals surface area contributed by atoms with Crippen LogP contribution in [0.3, 0.4) is 0 Å². The van der Waals surface area contributed by atoms with Crippen molar-refractivity contribution in [1.29, 1.82) is 0 Å². The largest absolute Gasteiger partial charge is 0.373 e. The normalized spacial score (nSPS) is 22.7. The van der Waals surface area contributed by atoms with E-state index in [0.717, 1.165) is 23.3 Å². The van der Waals surface area contributed by atoms with Crippen LogP contribution in [-0.2, 0) is 4.74 Å². The number of Topliss-reactive ketones (excluding diaryl/α,β-unsaturated/α-hetero) is 1. The lowest BCUT2D eigenvalue weighted by Crippen LogP contribution is -2.21. The monoisotopic (exact) mass is 278 g/mol. The van der Waals surface area contributed by atoms with E-state index >= 15 is 0 Å². The van der Waals surface area contributed by atoms with Crippen molar-refractivity contribution in [2.45, 2.75) is 33.6 Å². The SMILES string of the molecule is Cc1cc(C(=O)COCC2CC=CCC2C)c(C)s1. The minimum absolute atomic E-state index is 0.112. The van der Waals surface area contributed by atoms with Gasteiger partial charge in [-0.1, -0.05) is 19.1 Å². The first-order valence-corrected chi connectivity index (χ1v) is 7.72. The Labute approximate surface area is 119 Å². The minimum atomic E-state index is 0.112. The molecule has 3 heteroatoms. The quantitative estimate of drug-likeness (QED) is 0.597. The Morgan fingerprint density at radius 3 is 2.74 bits per heavy atom. The fraction of sp³-hybridized carbons (Fsp3) is 0.562. The summed E-state index contributed by atoms with van der Waals surface area (Å²) in [7, 11) is 0. The van der Waals surface area contributed by atoms with E-state index in [0.29, 0.717) is 18.4 Å². The van der Waals surface area contributed by atoms with Gasteiger partial charge in [0, 0.05) is 15.3 Å². The summed E-state index contributed by atoms with van der Waals surface area (Å²) in [5.41, 5.74) is 0.832. The second kappa shape index (κ2) is 6.49. The second-order valence-electron chi connectivity index (χ2n) is 5.45. The van der Waals surface area contributed by atoms with Crippen molar-refractivity contribution in [3.05, 3.63) is 33.5 Å². The number of ether oxygens (including phenoxy) is 1. The molecule has 2 atom stereocenters. The van der Waals surface area contributed by atoms with Crippen molar-refractivity contribution in [2.75, 3.05) is 13.2 Å². The van der Waals surface area contributed by atoms with Crippen LogP contribution in [-0.4, -0.2) is 19.0 Å². The highest BCUT2D eigenvalue weighted by Crippen LogP contribution is 2.25. The van der Waals surface area contributed by atoms with Crippen LogP contribution in [0, 0.1) is 25.7 Å². The average molecular weight is 278 g/mol. The molecule has 0 radical (unpaired) electrons. The van der Waals surface area contributed by atoms with Crippen molar-refractivity contribution in [3.63, 3.8) is 0 Å². The summed E-state index contributed by atoms with van der Waals surface area (Å²) in [6.07, 6.45) is 6.67. The topological polar surface area (TPSA) is 26.3 Å². The lowest BCUT2D eigenvalue weighted by Gasteiger charge is -2.24. The molecule has 0 saturated heterocycles. The van der Waals surface area contributed by atoms with Crippen LogP contribution >= 0.6 is 11.3 Å². The Balaban J connectivity index is 1.81. The number of ketones is 1. The second-order valence-corrected chi connectivity index (χ2v) is 6.91. The summed E-state index contributed by atoms with van der Waals surface area (Å²) in [5.74, 6) is 1.33. The van der Waals surface area contributed by atoms with Gasteiger partial charge in [-0.05, 0) is 44.6 Å². The average Bonchev–Trinajstić information content (AvgIpc) is 2.71. The van der Waals surface area contributed by atoms with E-state index in [1.165, 1.54) is 4.88 Å². The first-order valence-electron chi connectivity index (χ1n) is 6.91. The fourth-order valence-electron chi connectivity index (χ4n) is 2.53. The van der Waals surface area contributed by atoms with Crippen LogP contribution in [0.1, 0.15) is 39.9 Å². The summed E-state index contributed by atoms with van der Waals surface area (Å²) in [6.45, 7) is 7.19. The summed E-state index contributed by atoms with van der Waals surface area (Å²) in [6, 6.07) is 1.97. The Morgan fingerprint density at radius 1 is 1.37 bits per heavy atom. The van der Waals surface area contributed by atoms with E-state index in [1.54, 1.807) is 11.3 Å². The summed E-state index contributed by atoms with van der Waals surface area (Å²) < 4.78 is 5.65.